The van der Waals surface area contributed by atoms with Crippen molar-refractivity contribution in [2.24, 2.45) is 0 Å². The van der Waals surface area contributed by atoms with Crippen LogP contribution in [-0.4, -0.2) is 16.2 Å². The monoisotopic (exact) mass is 313 g/mol. The van der Waals surface area contributed by atoms with Crippen molar-refractivity contribution >= 4 is 34.0 Å². The van der Waals surface area contributed by atoms with Crippen LogP contribution in [0.25, 0.3) is 10.8 Å². The smallest absolute Gasteiger partial charge is 0.282 e. The van der Waals surface area contributed by atoms with E-state index in [4.69, 9.17) is 11.6 Å². The van der Waals surface area contributed by atoms with Gasteiger partial charge in [-0.25, -0.2) is 0 Å². The molecule has 0 aliphatic heterocycles. The second kappa shape index (κ2) is 5.67. The summed E-state index contributed by atoms with van der Waals surface area (Å²) < 4.78 is 0. The summed E-state index contributed by atoms with van der Waals surface area (Å²) in [5.41, 5.74) is 0.242. The highest BCUT2D eigenvalue weighted by molar-refractivity contribution is 6.31. The number of carbonyl (C=O) groups excluding carboxylic acids is 1. The fourth-order valence-electron chi connectivity index (χ4n) is 2.27. The number of amides is 1. The van der Waals surface area contributed by atoms with Crippen molar-refractivity contribution in [3.63, 3.8) is 0 Å². The summed E-state index contributed by atoms with van der Waals surface area (Å²) in [5.74, 6) is -0.830. The largest absolute Gasteiger partial charge is 0.505 e. The molecule has 1 amide bonds. The third kappa shape index (κ3) is 2.50. The first-order valence-electron chi connectivity index (χ1n) is 6.57. The number of anilines is 1. The molecule has 0 radical (unpaired) electrons. The molecule has 0 atom stereocenters. The van der Waals surface area contributed by atoms with Crippen LogP contribution < -0.4 is 5.06 Å². The van der Waals surface area contributed by atoms with Gasteiger partial charge in [0.25, 0.3) is 5.91 Å². The van der Waals surface area contributed by atoms with Gasteiger partial charge in [0, 0.05) is 16.0 Å². The van der Waals surface area contributed by atoms with Gasteiger partial charge in [0.05, 0.1) is 0 Å². The molecule has 0 unspecified atom stereocenters. The molecule has 5 heteroatoms. The number of aromatic hydroxyl groups is 1. The number of hydrogen-bond acceptors (Lipinski definition) is 3. The van der Waals surface area contributed by atoms with Crippen LogP contribution in [0.3, 0.4) is 0 Å². The van der Waals surface area contributed by atoms with E-state index in [0.29, 0.717) is 15.5 Å². The lowest BCUT2D eigenvalue weighted by atomic mass is 10.1. The Balaban J connectivity index is 2.03. The first-order valence-corrected chi connectivity index (χ1v) is 6.95. The highest BCUT2D eigenvalue weighted by atomic mass is 35.5. The summed E-state index contributed by atoms with van der Waals surface area (Å²) in [6.45, 7) is 0. The van der Waals surface area contributed by atoms with E-state index in [2.05, 4.69) is 0 Å². The van der Waals surface area contributed by atoms with E-state index in [9.17, 15) is 15.1 Å². The molecule has 0 spiro atoms. The van der Waals surface area contributed by atoms with Gasteiger partial charge in [-0.3, -0.25) is 10.0 Å². The molecule has 2 N–H and O–H groups in total. The number of nitrogens with zero attached hydrogens (tertiary/aromatic N) is 1. The Morgan fingerprint density at radius 1 is 1.00 bits per heavy atom. The molecule has 0 bridgehead atoms. The minimum absolute atomic E-state index is 0.0173. The van der Waals surface area contributed by atoms with Crippen molar-refractivity contribution in [3.05, 3.63) is 71.2 Å². The molecule has 0 saturated heterocycles. The van der Waals surface area contributed by atoms with E-state index in [-0.39, 0.29) is 17.0 Å². The van der Waals surface area contributed by atoms with Gasteiger partial charge < -0.3 is 5.11 Å². The number of carbonyl (C=O) groups is 1. The average Bonchev–Trinajstić information content (AvgIpc) is 2.54. The lowest BCUT2D eigenvalue weighted by Gasteiger charge is -2.17. The summed E-state index contributed by atoms with van der Waals surface area (Å²) in [4.78, 5) is 12.3. The molecule has 22 heavy (non-hydrogen) atoms. The van der Waals surface area contributed by atoms with Crippen molar-refractivity contribution in [1.29, 1.82) is 0 Å². The van der Waals surface area contributed by atoms with E-state index in [1.165, 1.54) is 18.2 Å². The van der Waals surface area contributed by atoms with E-state index in [1.807, 2.05) is 12.1 Å². The third-order valence-corrected chi connectivity index (χ3v) is 3.61. The quantitative estimate of drug-likeness (QED) is 0.549. The van der Waals surface area contributed by atoms with Crippen LogP contribution in [0.5, 0.6) is 5.75 Å². The highest BCUT2D eigenvalue weighted by Gasteiger charge is 2.20. The van der Waals surface area contributed by atoms with Crippen molar-refractivity contribution < 1.29 is 15.1 Å². The summed E-state index contributed by atoms with van der Waals surface area (Å²) >= 11 is 5.85. The lowest BCUT2D eigenvalue weighted by molar-refractivity contribution is 0.0853. The van der Waals surface area contributed by atoms with Crippen LogP contribution in [-0.2, 0) is 0 Å². The zero-order valence-corrected chi connectivity index (χ0v) is 12.2. The molecule has 0 heterocycles. The number of hydroxylamine groups is 1. The summed E-state index contributed by atoms with van der Waals surface area (Å²) in [5, 5.41) is 22.6. The maximum absolute atomic E-state index is 12.3. The second-order valence-corrected chi connectivity index (χ2v) is 5.22. The lowest BCUT2D eigenvalue weighted by Crippen LogP contribution is -2.27. The van der Waals surface area contributed by atoms with Gasteiger partial charge in [0.1, 0.15) is 11.4 Å². The Morgan fingerprint density at radius 3 is 2.55 bits per heavy atom. The molecule has 3 aromatic rings. The molecule has 0 aliphatic carbocycles. The van der Waals surface area contributed by atoms with Gasteiger partial charge >= 0.3 is 0 Å². The van der Waals surface area contributed by atoms with Crippen molar-refractivity contribution in [2.45, 2.75) is 0 Å². The van der Waals surface area contributed by atoms with Crippen molar-refractivity contribution in [1.82, 2.24) is 0 Å². The number of fused-ring (bicyclic) bond motifs is 1. The minimum atomic E-state index is -0.673. The van der Waals surface area contributed by atoms with Crippen molar-refractivity contribution in [2.75, 3.05) is 5.06 Å². The molecule has 0 aromatic heterocycles. The first kappa shape index (κ1) is 14.4. The number of benzene rings is 3. The van der Waals surface area contributed by atoms with Gasteiger partial charge in [0.2, 0.25) is 0 Å². The molecule has 110 valence electrons. The predicted molar refractivity (Wildman–Crippen MR) is 85.7 cm³/mol. The van der Waals surface area contributed by atoms with Gasteiger partial charge in [-0.05, 0) is 29.7 Å². The SMILES string of the molecule is O=C(c1cccc(Cl)c1)N(O)c1ccc2ccccc2c1O. The molecular formula is C17H12ClNO3. The third-order valence-electron chi connectivity index (χ3n) is 3.37. The summed E-state index contributed by atoms with van der Waals surface area (Å²) in [7, 11) is 0. The summed E-state index contributed by atoms with van der Waals surface area (Å²) in [6, 6.07) is 16.6. The number of halogens is 1. The standard InChI is InChI=1S/C17H12ClNO3/c18-13-6-3-5-12(10-13)17(21)19(22)15-9-8-11-4-1-2-7-14(11)16(15)20/h1-10,20,22H. The average molecular weight is 314 g/mol. The van der Waals surface area contributed by atoms with Crippen LogP contribution in [0.1, 0.15) is 10.4 Å². The van der Waals surface area contributed by atoms with E-state index < -0.39 is 5.91 Å². The number of rotatable bonds is 2. The fraction of sp³-hybridized carbons (Fsp3) is 0. The number of phenols is 1. The van der Waals surface area contributed by atoms with Crippen molar-refractivity contribution in [3.8, 4) is 5.75 Å². The maximum atomic E-state index is 12.3. The Bertz CT molecular complexity index is 863. The van der Waals surface area contributed by atoms with E-state index in [0.717, 1.165) is 5.39 Å². The fourth-order valence-corrected chi connectivity index (χ4v) is 2.46. The normalized spacial score (nSPS) is 10.6. The maximum Gasteiger partial charge on any atom is 0.282 e. The van der Waals surface area contributed by atoms with Gasteiger partial charge in [-0.2, -0.15) is 5.06 Å². The van der Waals surface area contributed by atoms with Crippen LogP contribution >= 0.6 is 11.6 Å². The topological polar surface area (TPSA) is 60.8 Å². The predicted octanol–water partition coefficient (Wildman–Crippen LogP) is 4.23. The zero-order valence-electron chi connectivity index (χ0n) is 11.4. The first-order chi connectivity index (χ1) is 10.6. The van der Waals surface area contributed by atoms with Crippen LogP contribution in [0.15, 0.2) is 60.7 Å². The molecule has 3 rings (SSSR count). The van der Waals surface area contributed by atoms with Crippen LogP contribution in [0.4, 0.5) is 5.69 Å². The minimum Gasteiger partial charge on any atom is -0.505 e. The Labute approximate surface area is 131 Å². The molecule has 0 fully saturated rings. The second-order valence-electron chi connectivity index (χ2n) is 4.78. The van der Waals surface area contributed by atoms with E-state index in [1.54, 1.807) is 30.3 Å². The number of phenolic OH excluding ortho intramolecular Hbond substituents is 1. The van der Waals surface area contributed by atoms with Gasteiger partial charge in [-0.15, -0.1) is 0 Å². The summed E-state index contributed by atoms with van der Waals surface area (Å²) in [6.07, 6.45) is 0. The molecule has 0 saturated carbocycles. The van der Waals surface area contributed by atoms with Crippen LogP contribution in [0, 0.1) is 0 Å². The zero-order chi connectivity index (χ0) is 15.7. The Morgan fingerprint density at radius 2 is 1.77 bits per heavy atom. The number of hydrogen-bond donors (Lipinski definition) is 2. The van der Waals surface area contributed by atoms with E-state index >= 15 is 0 Å². The van der Waals surface area contributed by atoms with Gasteiger partial charge in [-0.1, -0.05) is 48.0 Å². The van der Waals surface area contributed by atoms with Gasteiger partial charge in [0.15, 0.2) is 0 Å². The highest BCUT2D eigenvalue weighted by Crippen LogP contribution is 2.35. The van der Waals surface area contributed by atoms with Crippen LogP contribution in [0.2, 0.25) is 5.02 Å². The molecule has 3 aromatic carbocycles. The molecule has 0 aliphatic rings. The molecular weight excluding hydrogens is 302 g/mol. The Hall–Kier alpha value is -2.56. The molecule has 4 nitrogen and oxygen atoms in total. The Kier molecular flexibility index (Phi) is 3.71.